The Bertz CT molecular complexity index is 735. The molecule has 3 atom stereocenters. The van der Waals surface area contributed by atoms with E-state index in [1.165, 1.54) is 0 Å². The summed E-state index contributed by atoms with van der Waals surface area (Å²) in [5.41, 5.74) is 3.13. The number of aliphatic hydroxyl groups excluding tert-OH is 3. The van der Waals surface area contributed by atoms with Crippen molar-refractivity contribution in [3.63, 3.8) is 0 Å². The van der Waals surface area contributed by atoms with E-state index in [-0.39, 0.29) is 25.4 Å². The molecule has 1 fully saturated rings. The first kappa shape index (κ1) is 23.6. The molecule has 3 rings (SSSR count). The Hall–Kier alpha value is -1.63. The van der Waals surface area contributed by atoms with Gasteiger partial charge in [0.05, 0.1) is 31.5 Å². The number of halogens is 1. The molecule has 0 aliphatic carbocycles. The Morgan fingerprint density at radius 2 is 1.76 bits per heavy atom. The molecule has 3 unspecified atom stereocenters. The Kier molecular flexibility index (Phi) is 9.91. The molecule has 0 saturated carbocycles. The maximum absolute atomic E-state index is 10.0. The van der Waals surface area contributed by atoms with E-state index in [9.17, 15) is 10.2 Å². The van der Waals surface area contributed by atoms with Crippen molar-refractivity contribution in [2.24, 2.45) is 0 Å². The average Bonchev–Trinajstić information content (AvgIpc) is 2.71. The van der Waals surface area contributed by atoms with Crippen molar-refractivity contribution in [2.75, 3.05) is 19.8 Å². The zero-order chi connectivity index (χ0) is 21.2. The summed E-state index contributed by atoms with van der Waals surface area (Å²) in [6.45, 7) is 4.46. The van der Waals surface area contributed by atoms with E-state index in [0.717, 1.165) is 22.4 Å². The quantitative estimate of drug-likeness (QED) is 0.658. The van der Waals surface area contributed by atoms with Crippen molar-refractivity contribution in [2.45, 2.75) is 51.4 Å². The van der Waals surface area contributed by atoms with Crippen LogP contribution in [0.1, 0.15) is 49.5 Å². The van der Waals surface area contributed by atoms with E-state index in [4.69, 9.17) is 26.2 Å². The minimum atomic E-state index is -0.462. The van der Waals surface area contributed by atoms with Gasteiger partial charge in [0.25, 0.3) is 0 Å². The van der Waals surface area contributed by atoms with Gasteiger partial charge in [0, 0.05) is 24.5 Å². The first-order valence-electron chi connectivity index (χ1n) is 10.1. The van der Waals surface area contributed by atoms with Crippen LogP contribution in [0.2, 0.25) is 5.02 Å². The molecule has 3 N–H and O–H groups in total. The molecule has 0 radical (unpaired) electrons. The summed E-state index contributed by atoms with van der Waals surface area (Å²) in [5.74, 6) is 0.857. The molecule has 5 nitrogen and oxygen atoms in total. The molecule has 160 valence electrons. The van der Waals surface area contributed by atoms with Crippen LogP contribution in [0.15, 0.2) is 42.5 Å². The molecule has 2 aromatic rings. The van der Waals surface area contributed by atoms with Gasteiger partial charge in [-0.2, -0.15) is 0 Å². The normalized spacial score (nSPS) is 21.2. The molecular formula is C23H31ClO5. The second-order valence-electron chi connectivity index (χ2n) is 6.98. The fraction of sp³-hybridized carbons (Fsp3) is 0.478. The highest BCUT2D eigenvalue weighted by Crippen LogP contribution is 2.33. The molecule has 0 aromatic heterocycles. The molecule has 0 amide bonds. The highest BCUT2D eigenvalue weighted by atomic mass is 35.5. The second kappa shape index (κ2) is 12.2. The molecule has 1 aliphatic rings. The third-order valence-corrected chi connectivity index (χ3v) is 5.02. The number of hydrogen-bond donors (Lipinski definition) is 3. The Morgan fingerprint density at radius 1 is 1.07 bits per heavy atom. The summed E-state index contributed by atoms with van der Waals surface area (Å²) in [4.78, 5) is 0. The molecule has 1 saturated heterocycles. The van der Waals surface area contributed by atoms with Gasteiger partial charge in [-0.25, -0.2) is 0 Å². The second-order valence-corrected chi connectivity index (χ2v) is 7.38. The molecule has 1 aliphatic heterocycles. The lowest BCUT2D eigenvalue weighted by Gasteiger charge is -2.32. The largest absolute Gasteiger partial charge is 0.494 e. The predicted octanol–water partition coefficient (Wildman–Crippen LogP) is 3.90. The summed E-state index contributed by atoms with van der Waals surface area (Å²) in [7, 11) is 0. The molecule has 1 heterocycles. The van der Waals surface area contributed by atoms with Gasteiger partial charge < -0.3 is 24.8 Å². The van der Waals surface area contributed by atoms with Crippen LogP contribution < -0.4 is 4.74 Å². The van der Waals surface area contributed by atoms with Crippen molar-refractivity contribution in [1.82, 2.24) is 0 Å². The van der Waals surface area contributed by atoms with Crippen molar-refractivity contribution >= 4 is 11.6 Å². The topological polar surface area (TPSA) is 79.2 Å². The fourth-order valence-electron chi connectivity index (χ4n) is 3.34. The highest BCUT2D eigenvalue weighted by Gasteiger charge is 2.29. The highest BCUT2D eigenvalue weighted by molar-refractivity contribution is 6.31. The van der Waals surface area contributed by atoms with Crippen molar-refractivity contribution in [1.29, 1.82) is 0 Å². The Morgan fingerprint density at radius 3 is 2.38 bits per heavy atom. The van der Waals surface area contributed by atoms with Crippen LogP contribution in [-0.2, 0) is 11.2 Å². The van der Waals surface area contributed by atoms with E-state index in [1.54, 1.807) is 6.92 Å². The van der Waals surface area contributed by atoms with E-state index >= 15 is 0 Å². The standard InChI is InChI=1S/C21H25ClO4.C2H6O/c1-2-25-18-6-3-14(4-7-18)9-16-10-15(5-8-20(16)22)21-12-17(24)11-19(13-23)26-21;1-2-3/h3-8,10,17,19,21,23-24H,2,9,11-13H2,1H3;3H,2H2,1H3. The summed E-state index contributed by atoms with van der Waals surface area (Å²) in [6.07, 6.45) is 0.690. The third-order valence-electron chi connectivity index (χ3n) is 4.65. The minimum Gasteiger partial charge on any atom is -0.494 e. The van der Waals surface area contributed by atoms with Crippen molar-refractivity contribution in [3.8, 4) is 5.75 Å². The molecule has 2 aromatic carbocycles. The molecule has 0 bridgehead atoms. The van der Waals surface area contributed by atoms with E-state index in [1.807, 2.05) is 49.4 Å². The minimum absolute atomic E-state index is 0.0831. The van der Waals surface area contributed by atoms with Crippen LogP contribution in [0.3, 0.4) is 0 Å². The Labute approximate surface area is 177 Å². The van der Waals surface area contributed by atoms with Gasteiger partial charge in [-0.15, -0.1) is 0 Å². The number of benzene rings is 2. The fourth-order valence-corrected chi connectivity index (χ4v) is 3.53. The van der Waals surface area contributed by atoms with Gasteiger partial charge in [-0.3, -0.25) is 0 Å². The van der Waals surface area contributed by atoms with Gasteiger partial charge in [0.1, 0.15) is 5.75 Å². The van der Waals surface area contributed by atoms with Gasteiger partial charge in [0.2, 0.25) is 0 Å². The number of aliphatic hydroxyl groups is 3. The van der Waals surface area contributed by atoms with Crippen molar-refractivity contribution < 1.29 is 24.8 Å². The monoisotopic (exact) mass is 422 g/mol. The number of hydrogen-bond acceptors (Lipinski definition) is 5. The van der Waals surface area contributed by atoms with Gasteiger partial charge in [0.15, 0.2) is 0 Å². The van der Waals surface area contributed by atoms with Crippen LogP contribution >= 0.6 is 11.6 Å². The van der Waals surface area contributed by atoms with Crippen LogP contribution in [0.25, 0.3) is 0 Å². The SMILES string of the molecule is CCO.CCOc1ccc(Cc2cc(C3CC(O)CC(CO)O3)ccc2Cl)cc1. The van der Waals surface area contributed by atoms with Gasteiger partial charge >= 0.3 is 0 Å². The third kappa shape index (κ3) is 7.28. The van der Waals surface area contributed by atoms with Crippen LogP contribution in [0, 0.1) is 0 Å². The zero-order valence-electron chi connectivity index (χ0n) is 17.1. The average molecular weight is 423 g/mol. The van der Waals surface area contributed by atoms with Crippen LogP contribution in [0.4, 0.5) is 0 Å². The first-order chi connectivity index (χ1) is 14.0. The molecular weight excluding hydrogens is 392 g/mol. The van der Waals surface area contributed by atoms with Gasteiger partial charge in [-0.05, 0) is 55.2 Å². The smallest absolute Gasteiger partial charge is 0.119 e. The number of rotatable bonds is 6. The number of ether oxygens (including phenoxy) is 2. The first-order valence-corrected chi connectivity index (χ1v) is 10.4. The van der Waals surface area contributed by atoms with Crippen LogP contribution in [0.5, 0.6) is 5.75 Å². The summed E-state index contributed by atoms with van der Waals surface area (Å²) >= 11 is 6.40. The maximum Gasteiger partial charge on any atom is 0.119 e. The van der Waals surface area contributed by atoms with E-state index in [2.05, 4.69) is 0 Å². The maximum atomic E-state index is 10.0. The predicted molar refractivity (Wildman–Crippen MR) is 115 cm³/mol. The zero-order valence-corrected chi connectivity index (χ0v) is 17.8. The van der Waals surface area contributed by atoms with Crippen LogP contribution in [-0.4, -0.2) is 47.3 Å². The van der Waals surface area contributed by atoms with E-state index < -0.39 is 6.10 Å². The lowest BCUT2D eigenvalue weighted by Crippen LogP contribution is -2.33. The summed E-state index contributed by atoms with van der Waals surface area (Å²) < 4.78 is 11.4. The Balaban J connectivity index is 0.000000941. The molecule has 6 heteroatoms. The van der Waals surface area contributed by atoms with Gasteiger partial charge in [-0.1, -0.05) is 35.9 Å². The molecule has 29 heavy (non-hydrogen) atoms. The van der Waals surface area contributed by atoms with Crippen molar-refractivity contribution in [3.05, 3.63) is 64.2 Å². The van der Waals surface area contributed by atoms with E-state index in [0.29, 0.717) is 30.9 Å². The lowest BCUT2D eigenvalue weighted by molar-refractivity contribution is -0.113. The lowest BCUT2D eigenvalue weighted by atomic mass is 9.94. The summed E-state index contributed by atoms with van der Waals surface area (Å²) in [5, 5.41) is 27.7. The summed E-state index contributed by atoms with van der Waals surface area (Å²) in [6, 6.07) is 13.8. The molecule has 0 spiro atoms.